The second kappa shape index (κ2) is 6.79. The van der Waals surface area contributed by atoms with E-state index < -0.39 is 23.6 Å². The first-order valence-electron chi connectivity index (χ1n) is 8.67. The van der Waals surface area contributed by atoms with E-state index in [0.717, 1.165) is 0 Å². The molecule has 0 radical (unpaired) electrons. The van der Waals surface area contributed by atoms with Gasteiger partial charge in [0, 0.05) is 0 Å². The van der Waals surface area contributed by atoms with Gasteiger partial charge in [0.15, 0.2) is 0 Å². The van der Waals surface area contributed by atoms with E-state index in [1.165, 1.54) is 0 Å². The molecule has 1 aliphatic heterocycles. The molecule has 1 aliphatic rings. The summed E-state index contributed by atoms with van der Waals surface area (Å²) in [5.74, 6) is -0.179. The second-order valence-corrected chi connectivity index (χ2v) is 6.17. The van der Waals surface area contributed by atoms with Crippen molar-refractivity contribution in [3.8, 4) is 11.5 Å². The number of rotatable bonds is 4. The molecule has 2 heterocycles. The third-order valence-corrected chi connectivity index (χ3v) is 4.63. The molecule has 0 N–H and O–H groups in total. The van der Waals surface area contributed by atoms with Gasteiger partial charge in [0.2, 0.25) is 6.10 Å². The molecule has 27 heavy (non-hydrogen) atoms. The summed E-state index contributed by atoms with van der Waals surface area (Å²) < 4.78 is 21.9. The molecule has 6 heteroatoms. The summed E-state index contributed by atoms with van der Waals surface area (Å²) in [6.45, 7) is 1.94. The number of fused-ring (bicyclic) bond motifs is 3. The quantitative estimate of drug-likeness (QED) is 0.521. The van der Waals surface area contributed by atoms with Crippen molar-refractivity contribution < 1.29 is 23.4 Å². The van der Waals surface area contributed by atoms with Crippen LogP contribution in [0.4, 0.5) is 0 Å². The third kappa shape index (κ3) is 2.83. The lowest BCUT2D eigenvalue weighted by Crippen LogP contribution is -2.32. The zero-order chi connectivity index (χ0) is 19.0. The van der Waals surface area contributed by atoms with Crippen molar-refractivity contribution in [2.75, 3.05) is 13.7 Å². The van der Waals surface area contributed by atoms with E-state index in [9.17, 15) is 9.59 Å². The van der Waals surface area contributed by atoms with E-state index in [2.05, 4.69) is 0 Å². The Morgan fingerprint density at radius 3 is 2.74 bits per heavy atom. The molecule has 0 unspecified atom stereocenters. The molecule has 6 nitrogen and oxygen atoms in total. The number of esters is 1. The number of carbonyl (C=O) groups excluding carboxylic acids is 1. The molecule has 2 atom stereocenters. The highest BCUT2D eigenvalue weighted by molar-refractivity contribution is 5.88. The number of hydrogen-bond acceptors (Lipinski definition) is 6. The van der Waals surface area contributed by atoms with E-state index in [1.54, 1.807) is 50.4 Å². The lowest BCUT2D eigenvalue weighted by Gasteiger charge is -2.18. The molecule has 0 saturated heterocycles. The molecular formula is C21H18O6. The second-order valence-electron chi connectivity index (χ2n) is 6.17. The molecule has 4 rings (SSSR count). The lowest BCUT2D eigenvalue weighted by atomic mass is 9.88. The molecule has 1 aromatic heterocycles. The van der Waals surface area contributed by atoms with Crippen molar-refractivity contribution in [1.82, 2.24) is 0 Å². The standard InChI is InChI=1S/C21H18O6/c1-3-25-21(23)19-16(12-7-6-8-13(11-12)24-2)17-18(27-19)14-9-4-5-10-15(14)26-20(17)22/h4-11,16,19H,3H2,1-2H3/t16-,19+/m0/s1. The number of benzene rings is 2. The fraction of sp³-hybridized carbons (Fsp3) is 0.238. The van der Waals surface area contributed by atoms with Gasteiger partial charge in [0.05, 0.1) is 30.6 Å². The zero-order valence-corrected chi connectivity index (χ0v) is 14.9. The predicted octanol–water partition coefficient (Wildman–Crippen LogP) is 3.26. The smallest absolute Gasteiger partial charge is 0.348 e. The number of para-hydroxylation sites is 1. The Labute approximate surface area is 155 Å². The minimum atomic E-state index is -0.972. The van der Waals surface area contributed by atoms with Gasteiger partial charge in [-0.3, -0.25) is 0 Å². The van der Waals surface area contributed by atoms with Crippen LogP contribution in [0.25, 0.3) is 11.0 Å². The Morgan fingerprint density at radius 2 is 1.96 bits per heavy atom. The zero-order valence-electron chi connectivity index (χ0n) is 14.9. The summed E-state index contributed by atoms with van der Waals surface area (Å²) in [6.07, 6.45) is -0.972. The average molecular weight is 366 g/mol. The Kier molecular flexibility index (Phi) is 4.32. The summed E-state index contributed by atoms with van der Waals surface area (Å²) in [7, 11) is 1.56. The first-order valence-corrected chi connectivity index (χ1v) is 8.67. The largest absolute Gasteiger partial charge is 0.497 e. The molecule has 0 spiro atoms. The van der Waals surface area contributed by atoms with E-state index in [-0.39, 0.29) is 6.61 Å². The van der Waals surface area contributed by atoms with Gasteiger partial charge in [-0.15, -0.1) is 0 Å². The van der Waals surface area contributed by atoms with Crippen molar-refractivity contribution in [2.24, 2.45) is 0 Å². The Balaban J connectivity index is 1.95. The van der Waals surface area contributed by atoms with Crippen molar-refractivity contribution in [3.63, 3.8) is 0 Å². The number of hydrogen-bond donors (Lipinski definition) is 0. The van der Waals surface area contributed by atoms with Crippen LogP contribution in [-0.2, 0) is 9.53 Å². The molecule has 3 aromatic rings. The fourth-order valence-electron chi connectivity index (χ4n) is 3.46. The van der Waals surface area contributed by atoms with Crippen LogP contribution >= 0.6 is 0 Å². The van der Waals surface area contributed by atoms with Crippen LogP contribution in [0.1, 0.15) is 24.0 Å². The van der Waals surface area contributed by atoms with Crippen molar-refractivity contribution in [3.05, 3.63) is 70.1 Å². The molecule has 0 bridgehead atoms. The monoisotopic (exact) mass is 366 g/mol. The Bertz CT molecular complexity index is 1070. The van der Waals surface area contributed by atoms with Crippen LogP contribution in [0.5, 0.6) is 11.5 Å². The van der Waals surface area contributed by atoms with Crippen LogP contribution in [0, 0.1) is 0 Å². The van der Waals surface area contributed by atoms with Crippen molar-refractivity contribution in [2.45, 2.75) is 18.9 Å². The van der Waals surface area contributed by atoms with Crippen molar-refractivity contribution >= 4 is 16.9 Å². The number of ether oxygens (including phenoxy) is 3. The molecule has 0 amide bonds. The van der Waals surface area contributed by atoms with E-state index in [0.29, 0.717) is 33.6 Å². The molecule has 0 saturated carbocycles. The van der Waals surface area contributed by atoms with Crippen molar-refractivity contribution in [1.29, 1.82) is 0 Å². The highest BCUT2D eigenvalue weighted by Crippen LogP contribution is 2.45. The first kappa shape index (κ1) is 17.1. The summed E-state index contributed by atoms with van der Waals surface area (Å²) in [5.41, 5.74) is 0.923. The lowest BCUT2D eigenvalue weighted by molar-refractivity contribution is -0.151. The summed E-state index contributed by atoms with van der Waals surface area (Å²) in [5, 5.41) is 0.645. The molecule has 0 fully saturated rings. The van der Waals surface area contributed by atoms with Crippen LogP contribution in [0.15, 0.2) is 57.7 Å². The van der Waals surface area contributed by atoms with Gasteiger partial charge in [-0.1, -0.05) is 24.3 Å². The predicted molar refractivity (Wildman–Crippen MR) is 98.4 cm³/mol. The van der Waals surface area contributed by atoms with Gasteiger partial charge in [0.25, 0.3) is 0 Å². The minimum Gasteiger partial charge on any atom is -0.497 e. The summed E-state index contributed by atoms with van der Waals surface area (Å²) in [6, 6.07) is 14.3. The third-order valence-electron chi connectivity index (χ3n) is 4.63. The van der Waals surface area contributed by atoms with Gasteiger partial charge in [0.1, 0.15) is 17.1 Å². The van der Waals surface area contributed by atoms with Crippen LogP contribution in [-0.4, -0.2) is 25.8 Å². The first-order chi connectivity index (χ1) is 13.1. The van der Waals surface area contributed by atoms with Gasteiger partial charge < -0.3 is 18.6 Å². The number of methoxy groups -OCH3 is 1. The molecule has 138 valence electrons. The van der Waals surface area contributed by atoms with Gasteiger partial charge in [-0.05, 0) is 36.8 Å². The maximum atomic E-state index is 12.8. The van der Waals surface area contributed by atoms with Gasteiger partial charge >= 0.3 is 11.6 Å². The maximum absolute atomic E-state index is 12.8. The van der Waals surface area contributed by atoms with Gasteiger partial charge in [-0.2, -0.15) is 0 Å². The van der Waals surface area contributed by atoms with Gasteiger partial charge in [-0.25, -0.2) is 9.59 Å². The Morgan fingerprint density at radius 1 is 1.15 bits per heavy atom. The Hall–Kier alpha value is -3.28. The van der Waals surface area contributed by atoms with E-state index >= 15 is 0 Å². The van der Waals surface area contributed by atoms with Crippen LogP contribution in [0.2, 0.25) is 0 Å². The highest BCUT2D eigenvalue weighted by Gasteiger charge is 2.45. The minimum absolute atomic E-state index is 0.217. The SMILES string of the molecule is CCOC(=O)[C@@H]1Oc2c(c(=O)oc3ccccc23)[C@@H]1c1cccc(OC)c1. The number of carbonyl (C=O) groups is 1. The summed E-state index contributed by atoms with van der Waals surface area (Å²) >= 11 is 0. The fourth-order valence-corrected chi connectivity index (χ4v) is 3.46. The molecule has 2 aromatic carbocycles. The van der Waals surface area contributed by atoms with Crippen LogP contribution < -0.4 is 15.1 Å². The maximum Gasteiger partial charge on any atom is 0.348 e. The van der Waals surface area contributed by atoms with E-state index in [1.807, 2.05) is 12.1 Å². The molecule has 0 aliphatic carbocycles. The van der Waals surface area contributed by atoms with E-state index in [4.69, 9.17) is 18.6 Å². The topological polar surface area (TPSA) is 75.0 Å². The highest BCUT2D eigenvalue weighted by atomic mass is 16.6. The van der Waals surface area contributed by atoms with Crippen LogP contribution in [0.3, 0.4) is 0 Å². The normalized spacial score (nSPS) is 18.0. The molecular weight excluding hydrogens is 348 g/mol. The average Bonchev–Trinajstić information content (AvgIpc) is 3.10. The summed E-state index contributed by atoms with van der Waals surface area (Å²) in [4.78, 5) is 25.3.